The lowest BCUT2D eigenvalue weighted by molar-refractivity contribution is -0.147. The Bertz CT molecular complexity index is 995. The Morgan fingerprint density at radius 3 is 1.25 bits per heavy atom. The van der Waals surface area contributed by atoms with E-state index in [9.17, 15) is 24.2 Å². The maximum atomic E-state index is 12.1. The van der Waals surface area contributed by atoms with Gasteiger partial charge in [0.15, 0.2) is 0 Å². The summed E-state index contributed by atoms with van der Waals surface area (Å²) in [5.74, 6) is -0.505. The molecule has 0 heterocycles. The topological polar surface area (TPSA) is 131 Å². The van der Waals surface area contributed by atoms with Gasteiger partial charge in [-0.05, 0) is 38.5 Å². The van der Waals surface area contributed by atoms with E-state index in [4.69, 9.17) is 13.8 Å². The van der Waals surface area contributed by atoms with Gasteiger partial charge in [0, 0.05) is 19.4 Å². The zero-order valence-electron chi connectivity index (χ0n) is 39.4. The Balaban J connectivity index is 3.52. The van der Waals surface area contributed by atoms with Crippen molar-refractivity contribution in [3.63, 3.8) is 0 Å². The van der Waals surface area contributed by atoms with Gasteiger partial charge in [-0.2, -0.15) is 0 Å². The SMILES string of the molecule is CCCCCCCC/C=C/CCCCCCCCCCCC(=O)OCC(O)COP(=O)(O)OCCNC(=O)CCCCCCCCCCCCCCCCCCCCCC. The van der Waals surface area contributed by atoms with Crippen LogP contribution in [0.1, 0.15) is 264 Å². The molecule has 0 aliphatic carbocycles. The van der Waals surface area contributed by atoms with Gasteiger partial charge in [0.2, 0.25) is 5.91 Å². The Kier molecular flexibility index (Phi) is 46.3. The Morgan fingerprint density at radius 2 is 0.850 bits per heavy atom. The number of phosphoric ester groups is 1. The third-order valence-corrected chi connectivity index (χ3v) is 12.4. The van der Waals surface area contributed by atoms with Gasteiger partial charge in [0.05, 0.1) is 13.2 Å². The van der Waals surface area contributed by atoms with Crippen molar-refractivity contribution in [2.45, 2.75) is 270 Å². The van der Waals surface area contributed by atoms with E-state index in [1.165, 1.54) is 199 Å². The van der Waals surface area contributed by atoms with Gasteiger partial charge < -0.3 is 20.1 Å². The number of aliphatic hydroxyl groups excluding tert-OH is 1. The summed E-state index contributed by atoms with van der Waals surface area (Å²) in [6.07, 6.45) is 51.5. The fourth-order valence-electron chi connectivity index (χ4n) is 7.55. The van der Waals surface area contributed by atoms with Crippen molar-refractivity contribution in [1.29, 1.82) is 0 Å². The van der Waals surface area contributed by atoms with Crippen molar-refractivity contribution < 1.29 is 37.9 Å². The first-order valence-electron chi connectivity index (χ1n) is 25.7. The molecule has 0 radical (unpaired) electrons. The monoisotopic (exact) mass is 872 g/mol. The molecule has 9 nitrogen and oxygen atoms in total. The first-order valence-corrected chi connectivity index (χ1v) is 27.2. The number of aliphatic hydroxyl groups is 1. The number of nitrogens with one attached hydrogen (secondary N) is 1. The van der Waals surface area contributed by atoms with E-state index in [0.29, 0.717) is 6.42 Å². The molecular formula is C50H98NO8P. The van der Waals surface area contributed by atoms with Crippen molar-refractivity contribution in [2.75, 3.05) is 26.4 Å². The molecule has 0 saturated carbocycles. The van der Waals surface area contributed by atoms with Crippen molar-refractivity contribution >= 4 is 19.7 Å². The van der Waals surface area contributed by atoms with Gasteiger partial charge in [-0.15, -0.1) is 0 Å². The molecule has 10 heteroatoms. The highest BCUT2D eigenvalue weighted by Gasteiger charge is 2.23. The molecule has 1 amide bonds. The number of phosphoric acid groups is 1. The maximum absolute atomic E-state index is 12.1. The molecule has 0 aromatic carbocycles. The summed E-state index contributed by atoms with van der Waals surface area (Å²) in [6, 6.07) is 0. The fraction of sp³-hybridized carbons (Fsp3) is 0.920. The molecule has 0 aliphatic heterocycles. The molecule has 2 atom stereocenters. The highest BCUT2D eigenvalue weighted by atomic mass is 31.2. The van der Waals surface area contributed by atoms with Gasteiger partial charge in [-0.25, -0.2) is 4.57 Å². The van der Waals surface area contributed by atoms with Crippen LogP contribution in [0.25, 0.3) is 0 Å². The fourth-order valence-corrected chi connectivity index (χ4v) is 8.31. The van der Waals surface area contributed by atoms with Gasteiger partial charge in [-0.3, -0.25) is 18.6 Å². The summed E-state index contributed by atoms with van der Waals surface area (Å²) in [6.45, 7) is 3.61. The molecule has 0 saturated heterocycles. The summed E-state index contributed by atoms with van der Waals surface area (Å²) < 4.78 is 27.0. The molecule has 3 N–H and O–H groups in total. The van der Waals surface area contributed by atoms with Crippen molar-refractivity contribution in [3.05, 3.63) is 12.2 Å². The molecule has 0 fully saturated rings. The standard InChI is InChI=1S/C50H98NO8P/c1-3-5-7-9-11-13-15-17-19-21-23-25-26-28-30-32-34-36-38-40-42-49(53)51-44-45-58-60(55,56)59-47-48(52)46-57-50(54)43-41-39-37-35-33-31-29-27-24-22-20-18-16-14-12-10-8-6-4-2/h18,20,48,52H,3-17,19,21-47H2,1-2H3,(H,51,53)(H,55,56)/b20-18+. The number of hydrogen-bond acceptors (Lipinski definition) is 7. The third-order valence-electron chi connectivity index (χ3n) is 11.4. The van der Waals surface area contributed by atoms with Crippen LogP contribution in [-0.4, -0.2) is 54.3 Å². The molecule has 0 aromatic rings. The quantitative estimate of drug-likeness (QED) is 0.0238. The normalized spacial score (nSPS) is 13.2. The summed E-state index contributed by atoms with van der Waals surface area (Å²) in [7, 11) is -4.42. The maximum Gasteiger partial charge on any atom is 0.472 e. The largest absolute Gasteiger partial charge is 0.472 e. The molecule has 0 bridgehead atoms. The molecule has 0 aliphatic rings. The second-order valence-electron chi connectivity index (χ2n) is 17.5. The Labute approximate surface area is 370 Å². The van der Waals surface area contributed by atoms with Gasteiger partial charge in [-0.1, -0.05) is 225 Å². The van der Waals surface area contributed by atoms with Crippen LogP contribution >= 0.6 is 7.82 Å². The Morgan fingerprint density at radius 1 is 0.500 bits per heavy atom. The number of ether oxygens (including phenoxy) is 1. The molecule has 60 heavy (non-hydrogen) atoms. The lowest BCUT2D eigenvalue weighted by atomic mass is 10.0. The van der Waals surface area contributed by atoms with E-state index in [-0.39, 0.29) is 32.1 Å². The minimum atomic E-state index is -4.42. The molecule has 0 rings (SSSR count). The predicted octanol–water partition coefficient (Wildman–Crippen LogP) is 15.0. The molecule has 0 spiro atoms. The van der Waals surface area contributed by atoms with Crippen LogP contribution in [0, 0.1) is 0 Å². The van der Waals surface area contributed by atoms with E-state index in [1.54, 1.807) is 0 Å². The van der Waals surface area contributed by atoms with Crippen molar-refractivity contribution in [1.82, 2.24) is 5.32 Å². The van der Waals surface area contributed by atoms with Crippen LogP contribution in [-0.2, 0) is 27.9 Å². The van der Waals surface area contributed by atoms with Gasteiger partial charge in [0.25, 0.3) is 0 Å². The summed E-state index contributed by atoms with van der Waals surface area (Å²) in [4.78, 5) is 34.1. The number of unbranched alkanes of at least 4 members (excludes halogenated alkanes) is 34. The average Bonchev–Trinajstić information content (AvgIpc) is 3.23. The Hall–Kier alpha value is -1.25. The number of carbonyl (C=O) groups is 2. The van der Waals surface area contributed by atoms with Crippen molar-refractivity contribution in [2.24, 2.45) is 0 Å². The second kappa shape index (κ2) is 47.2. The second-order valence-corrected chi connectivity index (χ2v) is 19.0. The number of esters is 1. The van der Waals surface area contributed by atoms with E-state index in [2.05, 4.69) is 31.3 Å². The van der Waals surface area contributed by atoms with E-state index >= 15 is 0 Å². The van der Waals surface area contributed by atoms with Crippen molar-refractivity contribution in [3.8, 4) is 0 Å². The highest BCUT2D eigenvalue weighted by molar-refractivity contribution is 7.47. The first-order chi connectivity index (χ1) is 29.3. The molecule has 356 valence electrons. The molecular weight excluding hydrogens is 774 g/mol. The van der Waals surface area contributed by atoms with Gasteiger partial charge >= 0.3 is 13.8 Å². The first kappa shape index (κ1) is 58.8. The lowest BCUT2D eigenvalue weighted by Crippen LogP contribution is -2.27. The van der Waals surface area contributed by atoms with Crippen LogP contribution in [0.15, 0.2) is 12.2 Å². The zero-order valence-corrected chi connectivity index (χ0v) is 40.3. The highest BCUT2D eigenvalue weighted by Crippen LogP contribution is 2.42. The average molecular weight is 872 g/mol. The molecule has 0 aromatic heterocycles. The van der Waals surface area contributed by atoms with Crippen LogP contribution in [0.5, 0.6) is 0 Å². The van der Waals surface area contributed by atoms with Crippen LogP contribution in [0.4, 0.5) is 0 Å². The number of carbonyl (C=O) groups excluding carboxylic acids is 2. The number of allylic oxidation sites excluding steroid dienone is 2. The number of hydrogen-bond donors (Lipinski definition) is 3. The predicted molar refractivity (Wildman–Crippen MR) is 252 cm³/mol. The van der Waals surface area contributed by atoms with Crippen LogP contribution in [0.2, 0.25) is 0 Å². The number of rotatable bonds is 49. The number of amides is 1. The lowest BCUT2D eigenvalue weighted by Gasteiger charge is -2.15. The van der Waals surface area contributed by atoms with E-state index in [0.717, 1.165) is 38.5 Å². The summed E-state index contributed by atoms with van der Waals surface area (Å²) in [5.41, 5.74) is 0. The van der Waals surface area contributed by atoms with Crippen LogP contribution in [0.3, 0.4) is 0 Å². The summed E-state index contributed by atoms with van der Waals surface area (Å²) in [5, 5.41) is 12.8. The van der Waals surface area contributed by atoms with E-state index in [1.807, 2.05) is 0 Å². The third kappa shape index (κ3) is 47.8. The summed E-state index contributed by atoms with van der Waals surface area (Å²) >= 11 is 0. The van der Waals surface area contributed by atoms with Crippen LogP contribution < -0.4 is 5.32 Å². The minimum Gasteiger partial charge on any atom is -0.463 e. The molecule has 2 unspecified atom stereocenters. The zero-order chi connectivity index (χ0) is 43.9. The van der Waals surface area contributed by atoms with E-state index < -0.39 is 26.5 Å². The minimum absolute atomic E-state index is 0.0869. The van der Waals surface area contributed by atoms with Gasteiger partial charge in [0.1, 0.15) is 12.7 Å². The smallest absolute Gasteiger partial charge is 0.463 e.